The number of hydrogen-bond donors (Lipinski definition) is 2. The van der Waals surface area contributed by atoms with Crippen LogP contribution in [0.15, 0.2) is 95.9 Å². The molecule has 1 fully saturated rings. The molecule has 5 rings (SSSR count). The monoisotopic (exact) mass is 561 g/mol. The second-order valence-corrected chi connectivity index (χ2v) is 12.3. The molecule has 0 aliphatic carbocycles. The highest BCUT2D eigenvalue weighted by Crippen LogP contribution is 2.19. The summed E-state index contributed by atoms with van der Waals surface area (Å²) >= 11 is 6.05. The van der Waals surface area contributed by atoms with E-state index >= 15 is 0 Å². The number of sulfonamides is 1. The average Bonchev–Trinajstić information content (AvgIpc) is 2.94. The molecule has 8 heteroatoms. The Morgan fingerprint density at radius 3 is 2.41 bits per heavy atom. The van der Waals surface area contributed by atoms with Crippen molar-refractivity contribution in [1.82, 2.24) is 14.9 Å². The van der Waals surface area contributed by atoms with Gasteiger partial charge < -0.3 is 10.2 Å². The lowest BCUT2D eigenvalue weighted by Crippen LogP contribution is -2.58. The van der Waals surface area contributed by atoms with Crippen LogP contribution in [0.4, 0.5) is 0 Å². The Bertz CT molecular complexity index is 1560. The van der Waals surface area contributed by atoms with E-state index in [9.17, 15) is 13.2 Å². The molecular weight excluding hydrogens is 530 g/mol. The smallest absolute Gasteiger partial charge is 0.241 e. The van der Waals surface area contributed by atoms with Crippen molar-refractivity contribution in [2.24, 2.45) is 0 Å². The fourth-order valence-corrected chi connectivity index (χ4v) is 6.36. The van der Waals surface area contributed by atoms with E-state index in [1.807, 2.05) is 31.2 Å². The van der Waals surface area contributed by atoms with Gasteiger partial charge in [-0.3, -0.25) is 4.79 Å². The molecule has 0 spiro atoms. The first-order valence-electron chi connectivity index (χ1n) is 13.1. The van der Waals surface area contributed by atoms with Crippen molar-refractivity contribution in [1.29, 1.82) is 0 Å². The van der Waals surface area contributed by atoms with Crippen LogP contribution in [0.1, 0.15) is 16.7 Å². The van der Waals surface area contributed by atoms with Crippen LogP contribution >= 0.6 is 11.6 Å². The molecule has 0 radical (unpaired) electrons. The number of aryl methyl sites for hydroxylation is 1. The van der Waals surface area contributed by atoms with Crippen LogP contribution in [0.3, 0.4) is 0 Å². The number of fused-ring (bicyclic) bond motifs is 1. The van der Waals surface area contributed by atoms with Gasteiger partial charge in [-0.05, 0) is 65.9 Å². The van der Waals surface area contributed by atoms with Gasteiger partial charge in [0.05, 0.1) is 4.90 Å². The SMILES string of the molecule is Cc1ccc(S(=O)(=O)N[C@H](Cc2ccc(Cl)cc2)C(=O)N2CCN[C@H](Cc3ccc4ccccc4c3)C2)cc1. The number of rotatable bonds is 8. The van der Waals surface area contributed by atoms with Gasteiger partial charge in [0.2, 0.25) is 15.9 Å². The highest BCUT2D eigenvalue weighted by Gasteiger charge is 2.32. The van der Waals surface area contributed by atoms with Crippen molar-refractivity contribution in [3.63, 3.8) is 0 Å². The number of halogens is 1. The normalized spacial score (nSPS) is 16.8. The third-order valence-corrected chi connectivity index (χ3v) is 8.88. The molecule has 4 aromatic rings. The van der Waals surface area contributed by atoms with Crippen molar-refractivity contribution >= 4 is 38.3 Å². The van der Waals surface area contributed by atoms with Gasteiger partial charge >= 0.3 is 0 Å². The Morgan fingerprint density at radius 1 is 0.974 bits per heavy atom. The quantitative estimate of drug-likeness (QED) is 0.326. The standard InChI is InChI=1S/C31H32ClN3O3S/c1-22-6-14-29(15-7-22)39(37,38)34-30(20-23-9-12-27(32)13-10-23)31(36)35-17-16-33-28(21-35)19-24-8-11-25-4-2-3-5-26(25)18-24/h2-15,18,28,30,33-34H,16-17,19-21H2,1H3/t28-,30-/m1/s1. The zero-order chi connectivity index (χ0) is 27.4. The number of amides is 1. The zero-order valence-corrected chi connectivity index (χ0v) is 23.4. The molecule has 2 N–H and O–H groups in total. The maximum absolute atomic E-state index is 13.9. The number of hydrogen-bond acceptors (Lipinski definition) is 4. The highest BCUT2D eigenvalue weighted by molar-refractivity contribution is 7.89. The van der Waals surface area contributed by atoms with E-state index in [-0.39, 0.29) is 23.3 Å². The summed E-state index contributed by atoms with van der Waals surface area (Å²) in [5.41, 5.74) is 2.98. The number of nitrogens with zero attached hydrogens (tertiary/aromatic N) is 1. The largest absolute Gasteiger partial charge is 0.338 e. The minimum Gasteiger partial charge on any atom is -0.338 e. The Hall–Kier alpha value is -3.23. The highest BCUT2D eigenvalue weighted by atomic mass is 35.5. The molecule has 1 amide bonds. The van der Waals surface area contributed by atoms with Crippen molar-refractivity contribution in [2.75, 3.05) is 19.6 Å². The topological polar surface area (TPSA) is 78.5 Å². The maximum atomic E-state index is 13.9. The number of piperazine rings is 1. The van der Waals surface area contributed by atoms with Crippen molar-refractivity contribution in [3.05, 3.63) is 113 Å². The van der Waals surface area contributed by atoms with Crippen LogP contribution in [0, 0.1) is 6.92 Å². The third-order valence-electron chi connectivity index (χ3n) is 7.14. The van der Waals surface area contributed by atoms with E-state index in [1.54, 1.807) is 41.3 Å². The number of carbonyl (C=O) groups excluding carboxylic acids is 1. The zero-order valence-electron chi connectivity index (χ0n) is 21.8. The van der Waals surface area contributed by atoms with E-state index in [0.29, 0.717) is 24.7 Å². The Kier molecular flexibility index (Phi) is 8.33. The summed E-state index contributed by atoms with van der Waals surface area (Å²) in [4.78, 5) is 15.8. The predicted molar refractivity (Wildman–Crippen MR) is 156 cm³/mol. The van der Waals surface area contributed by atoms with Gasteiger partial charge in [0.1, 0.15) is 6.04 Å². The summed E-state index contributed by atoms with van der Waals surface area (Å²) < 4.78 is 29.3. The number of carbonyl (C=O) groups is 1. The first-order chi connectivity index (χ1) is 18.8. The minimum absolute atomic E-state index is 0.0637. The van der Waals surface area contributed by atoms with E-state index in [1.165, 1.54) is 16.3 Å². The van der Waals surface area contributed by atoms with E-state index in [4.69, 9.17) is 11.6 Å². The second kappa shape index (κ2) is 11.9. The van der Waals surface area contributed by atoms with Crippen LogP contribution < -0.4 is 10.0 Å². The van der Waals surface area contributed by atoms with Gasteiger partial charge in [0, 0.05) is 30.7 Å². The molecule has 39 heavy (non-hydrogen) atoms. The first kappa shape index (κ1) is 27.3. The lowest BCUT2D eigenvalue weighted by atomic mass is 9.99. The number of nitrogens with one attached hydrogen (secondary N) is 2. The van der Waals surface area contributed by atoms with E-state index < -0.39 is 16.1 Å². The van der Waals surface area contributed by atoms with Crippen LogP contribution in [0.2, 0.25) is 5.02 Å². The summed E-state index contributed by atoms with van der Waals surface area (Å²) in [5.74, 6) is -0.231. The van der Waals surface area contributed by atoms with Crippen LogP contribution in [-0.2, 0) is 27.7 Å². The third kappa shape index (κ3) is 6.86. The molecule has 0 saturated carbocycles. The molecule has 1 heterocycles. The Balaban J connectivity index is 1.34. The van der Waals surface area contributed by atoms with Gasteiger partial charge in [-0.1, -0.05) is 83.9 Å². The van der Waals surface area contributed by atoms with Gasteiger partial charge in [0.15, 0.2) is 0 Å². The molecule has 6 nitrogen and oxygen atoms in total. The number of benzene rings is 4. The summed E-state index contributed by atoms with van der Waals surface area (Å²) in [5, 5.41) is 6.49. The van der Waals surface area contributed by atoms with Crippen LogP contribution in [0.5, 0.6) is 0 Å². The molecule has 4 aromatic carbocycles. The fourth-order valence-electron chi connectivity index (χ4n) is 5.04. The summed E-state index contributed by atoms with van der Waals surface area (Å²) in [6.45, 7) is 3.54. The second-order valence-electron chi connectivity index (χ2n) is 10.1. The molecule has 0 unspecified atom stereocenters. The molecule has 1 aliphatic heterocycles. The minimum atomic E-state index is -3.91. The van der Waals surface area contributed by atoms with Gasteiger partial charge in [-0.2, -0.15) is 4.72 Å². The van der Waals surface area contributed by atoms with E-state index in [0.717, 1.165) is 17.5 Å². The molecular formula is C31H32ClN3O3S. The van der Waals surface area contributed by atoms with Crippen molar-refractivity contribution in [3.8, 4) is 0 Å². The van der Waals surface area contributed by atoms with Crippen LogP contribution in [-0.4, -0.2) is 50.9 Å². The molecule has 202 valence electrons. The summed E-state index contributed by atoms with van der Waals surface area (Å²) in [7, 11) is -3.91. The lowest BCUT2D eigenvalue weighted by molar-refractivity contribution is -0.134. The van der Waals surface area contributed by atoms with Crippen molar-refractivity contribution < 1.29 is 13.2 Å². The van der Waals surface area contributed by atoms with Crippen molar-refractivity contribution in [2.45, 2.75) is 36.7 Å². The fraction of sp³-hybridized carbons (Fsp3) is 0.258. The Morgan fingerprint density at radius 2 is 1.67 bits per heavy atom. The Labute approximate surface area is 235 Å². The summed E-state index contributed by atoms with van der Waals surface area (Å²) in [6, 6.07) is 27.6. The van der Waals surface area contributed by atoms with Gasteiger partial charge in [0.25, 0.3) is 0 Å². The lowest BCUT2D eigenvalue weighted by Gasteiger charge is -2.36. The molecule has 0 aromatic heterocycles. The summed E-state index contributed by atoms with van der Waals surface area (Å²) in [6.07, 6.45) is 0.992. The maximum Gasteiger partial charge on any atom is 0.241 e. The van der Waals surface area contributed by atoms with Crippen LogP contribution in [0.25, 0.3) is 10.8 Å². The molecule has 2 atom stereocenters. The average molecular weight is 562 g/mol. The van der Waals surface area contributed by atoms with E-state index in [2.05, 4.69) is 40.4 Å². The van der Waals surface area contributed by atoms with Gasteiger partial charge in [-0.25, -0.2) is 8.42 Å². The molecule has 1 saturated heterocycles. The molecule has 0 bridgehead atoms. The van der Waals surface area contributed by atoms with Gasteiger partial charge in [-0.15, -0.1) is 0 Å². The predicted octanol–water partition coefficient (Wildman–Crippen LogP) is 4.73. The first-order valence-corrected chi connectivity index (χ1v) is 15.0. The molecule has 1 aliphatic rings.